The number of allylic oxidation sites excluding steroid dienone is 4. The minimum absolute atomic E-state index is 0.434. The van der Waals surface area contributed by atoms with Gasteiger partial charge < -0.3 is 8.98 Å². The molecule has 1 aliphatic carbocycles. The van der Waals surface area contributed by atoms with E-state index in [-0.39, 0.29) is 0 Å². The summed E-state index contributed by atoms with van der Waals surface area (Å²) in [6, 6.07) is 38.6. The summed E-state index contributed by atoms with van der Waals surface area (Å²) >= 11 is 0. The third-order valence-corrected chi connectivity index (χ3v) is 13.6. The zero-order chi connectivity index (χ0) is 28.7. The van der Waals surface area contributed by atoms with E-state index in [1.165, 1.54) is 65.4 Å². The molecule has 2 aliphatic heterocycles. The van der Waals surface area contributed by atoms with Crippen molar-refractivity contribution in [3.8, 4) is 5.69 Å². The molecule has 0 amide bonds. The molecule has 208 valence electrons. The van der Waals surface area contributed by atoms with E-state index in [4.69, 9.17) is 4.42 Å². The second kappa shape index (κ2) is 7.92. The monoisotopic (exact) mass is 573 g/mol. The van der Waals surface area contributed by atoms with Crippen LogP contribution in [0.4, 0.5) is 0 Å². The summed E-state index contributed by atoms with van der Waals surface area (Å²) in [4.78, 5) is 3.08. The fraction of sp³-hybridized carbons (Fsp3) is 0.150. The van der Waals surface area contributed by atoms with Crippen LogP contribution in [0.5, 0.6) is 0 Å². The Kier molecular flexibility index (Phi) is 4.42. The molecule has 43 heavy (non-hydrogen) atoms. The number of rotatable bonds is 0. The van der Waals surface area contributed by atoms with Crippen molar-refractivity contribution < 1.29 is 4.42 Å². The smallest absolute Gasteiger partial charge is 0.136 e. The van der Waals surface area contributed by atoms with Crippen LogP contribution in [0.2, 0.25) is 0 Å². The van der Waals surface area contributed by atoms with Crippen LogP contribution < -0.4 is 0 Å². The third kappa shape index (κ3) is 2.74. The summed E-state index contributed by atoms with van der Waals surface area (Å²) in [7, 11) is -1.29. The molecule has 0 fully saturated rings. The van der Waals surface area contributed by atoms with E-state index in [0.717, 1.165) is 17.6 Å². The Hall–Kier alpha value is -4.47. The molecule has 3 aliphatic rings. The van der Waals surface area contributed by atoms with Crippen molar-refractivity contribution in [1.29, 1.82) is 0 Å². The van der Waals surface area contributed by atoms with Gasteiger partial charge >= 0.3 is 0 Å². The van der Waals surface area contributed by atoms with Crippen LogP contribution in [0, 0.1) is 5.92 Å². The zero-order valence-corrected chi connectivity index (χ0v) is 25.3. The highest BCUT2D eigenvalue weighted by molar-refractivity contribution is 8.35. The fourth-order valence-electron chi connectivity index (χ4n) is 8.67. The predicted octanol–water partition coefficient (Wildman–Crippen LogP) is 10.6. The highest BCUT2D eigenvalue weighted by Crippen LogP contribution is 2.71. The van der Waals surface area contributed by atoms with Gasteiger partial charge in [0.05, 0.1) is 22.1 Å². The van der Waals surface area contributed by atoms with Gasteiger partial charge in [-0.2, -0.15) is 10.0 Å². The van der Waals surface area contributed by atoms with E-state index in [1.54, 1.807) is 4.91 Å². The summed E-state index contributed by atoms with van der Waals surface area (Å²) in [6.45, 7) is 2.37. The van der Waals surface area contributed by atoms with Crippen LogP contribution in [-0.2, 0) is 5.41 Å². The number of para-hydroxylation sites is 4. The first-order valence-corrected chi connectivity index (χ1v) is 17.7. The topological polar surface area (TPSA) is 18.1 Å². The number of furan rings is 1. The van der Waals surface area contributed by atoms with Gasteiger partial charge in [0.25, 0.3) is 0 Å². The molecule has 0 saturated heterocycles. The van der Waals surface area contributed by atoms with Gasteiger partial charge in [-0.15, -0.1) is 0 Å². The highest BCUT2D eigenvalue weighted by atomic mass is 32.3. The minimum atomic E-state index is -1.29. The summed E-state index contributed by atoms with van der Waals surface area (Å²) < 4.78 is 9.08. The first-order valence-electron chi connectivity index (χ1n) is 15.2. The van der Waals surface area contributed by atoms with Crippen LogP contribution >= 0.6 is 10.0 Å². The van der Waals surface area contributed by atoms with Crippen LogP contribution in [0.25, 0.3) is 49.4 Å². The second-order valence-corrected chi connectivity index (χ2v) is 16.6. The zero-order valence-electron chi connectivity index (χ0n) is 24.5. The SMILES string of the molecule is CC1C=CC2=C(C1)S(C)(C)c1cc3oc4ccccc4c3cc1C21c2ccccc2-n2c3ccccc3c3cccc1c32. The Morgan fingerprint density at radius 1 is 0.721 bits per heavy atom. The van der Waals surface area contributed by atoms with E-state index in [0.29, 0.717) is 5.92 Å². The van der Waals surface area contributed by atoms with Gasteiger partial charge in [0.1, 0.15) is 11.2 Å². The van der Waals surface area contributed by atoms with Crippen molar-refractivity contribution in [2.45, 2.75) is 23.7 Å². The highest BCUT2D eigenvalue weighted by Gasteiger charge is 2.53. The van der Waals surface area contributed by atoms with E-state index in [1.807, 2.05) is 0 Å². The lowest BCUT2D eigenvalue weighted by molar-refractivity contribution is 0.648. The lowest BCUT2D eigenvalue weighted by atomic mass is 9.61. The van der Waals surface area contributed by atoms with Crippen molar-refractivity contribution in [3.05, 3.63) is 142 Å². The van der Waals surface area contributed by atoms with Crippen molar-refractivity contribution in [2.24, 2.45) is 5.92 Å². The van der Waals surface area contributed by atoms with Gasteiger partial charge in [0, 0.05) is 26.4 Å². The Balaban J connectivity index is 1.48. The number of hydrogen-bond donors (Lipinski definition) is 0. The van der Waals surface area contributed by atoms with Gasteiger partial charge in [-0.25, -0.2) is 0 Å². The maximum atomic E-state index is 6.55. The number of fused-ring (bicyclic) bond motifs is 13. The summed E-state index contributed by atoms with van der Waals surface area (Å²) in [5.41, 5.74) is 11.1. The molecule has 0 saturated carbocycles. The number of nitrogens with zero attached hydrogens (tertiary/aromatic N) is 1. The molecule has 3 heteroatoms. The molecule has 2 atom stereocenters. The van der Waals surface area contributed by atoms with Crippen molar-refractivity contribution in [3.63, 3.8) is 0 Å². The average molecular weight is 574 g/mol. The molecule has 2 nitrogen and oxygen atoms in total. The second-order valence-electron chi connectivity index (χ2n) is 13.0. The van der Waals surface area contributed by atoms with Crippen molar-refractivity contribution in [1.82, 2.24) is 4.57 Å². The number of benzene rings is 5. The minimum Gasteiger partial charge on any atom is -0.456 e. The maximum Gasteiger partial charge on any atom is 0.136 e. The number of aromatic nitrogens is 1. The molecule has 2 aromatic heterocycles. The molecule has 2 unspecified atom stereocenters. The Bertz CT molecular complexity index is 2430. The molecule has 0 N–H and O–H groups in total. The molecular formula is C40H31NOS. The van der Waals surface area contributed by atoms with Crippen LogP contribution in [0.1, 0.15) is 30.0 Å². The number of hydrogen-bond acceptors (Lipinski definition) is 1. The van der Waals surface area contributed by atoms with Gasteiger partial charge in [0.15, 0.2) is 0 Å². The first-order chi connectivity index (χ1) is 21.0. The van der Waals surface area contributed by atoms with Crippen molar-refractivity contribution >= 4 is 53.8 Å². The Labute approximate surface area is 252 Å². The Morgan fingerprint density at radius 3 is 2.37 bits per heavy atom. The van der Waals surface area contributed by atoms with Crippen LogP contribution in [-0.4, -0.2) is 17.1 Å². The maximum absolute atomic E-state index is 6.55. The molecule has 4 heterocycles. The summed E-state index contributed by atoms with van der Waals surface area (Å²) in [6.07, 6.45) is 11.1. The van der Waals surface area contributed by atoms with Gasteiger partial charge in [-0.3, -0.25) is 0 Å². The summed E-state index contributed by atoms with van der Waals surface area (Å²) in [5, 5.41) is 5.03. The normalized spacial score (nSPS) is 22.3. The van der Waals surface area contributed by atoms with Crippen molar-refractivity contribution in [2.75, 3.05) is 12.5 Å². The molecule has 5 aromatic carbocycles. The molecule has 7 aromatic rings. The van der Waals surface area contributed by atoms with Gasteiger partial charge in [0.2, 0.25) is 0 Å². The van der Waals surface area contributed by atoms with E-state index in [9.17, 15) is 0 Å². The van der Waals surface area contributed by atoms with E-state index in [2.05, 4.69) is 139 Å². The van der Waals surface area contributed by atoms with E-state index >= 15 is 0 Å². The molecule has 0 bridgehead atoms. The Morgan fingerprint density at radius 2 is 1.47 bits per heavy atom. The molecule has 10 rings (SSSR count). The molecular weight excluding hydrogens is 543 g/mol. The largest absolute Gasteiger partial charge is 0.456 e. The average Bonchev–Trinajstić information content (AvgIpc) is 3.57. The standard InChI is InChI=1S/C40H31NOS/c1-24-19-20-30-37(21-24)43(2,3)38-23-36-28(26-12-5-9-18-35(26)42-36)22-32(38)40(30)29-14-6-8-17-34(29)41-33-16-7-4-11-25(33)27-13-10-15-31(40)39(27)41/h4-20,22-24H,21H2,1-3H3. The quantitative estimate of drug-likeness (QED) is 0.176. The molecule has 0 radical (unpaired) electrons. The van der Waals surface area contributed by atoms with Crippen LogP contribution in [0.15, 0.2) is 135 Å². The van der Waals surface area contributed by atoms with Gasteiger partial charge in [-0.05, 0) is 82.4 Å². The lowest BCUT2D eigenvalue weighted by Crippen LogP contribution is -2.40. The van der Waals surface area contributed by atoms with E-state index < -0.39 is 15.4 Å². The molecule has 1 spiro atoms. The summed E-state index contributed by atoms with van der Waals surface area (Å²) in [5.74, 6) is 0.514. The first kappa shape index (κ1) is 24.0. The fourth-order valence-corrected chi connectivity index (χ4v) is 11.5. The van der Waals surface area contributed by atoms with Crippen LogP contribution in [0.3, 0.4) is 0 Å². The predicted molar refractivity (Wildman–Crippen MR) is 182 cm³/mol. The third-order valence-electron chi connectivity index (χ3n) is 10.5. The van der Waals surface area contributed by atoms with Gasteiger partial charge in [-0.1, -0.05) is 91.9 Å². The lowest BCUT2D eigenvalue weighted by Gasteiger charge is -2.53.